The molecule has 2 aromatic rings. The van der Waals surface area contributed by atoms with E-state index in [1.54, 1.807) is 13.8 Å². The molecule has 0 aliphatic carbocycles. The third-order valence-electron chi connectivity index (χ3n) is 1.72. The quantitative estimate of drug-likeness (QED) is 0.760. The summed E-state index contributed by atoms with van der Waals surface area (Å²) >= 11 is 0. The van der Waals surface area contributed by atoms with Gasteiger partial charge in [-0.1, -0.05) is 5.16 Å². The lowest BCUT2D eigenvalue weighted by Crippen LogP contribution is -1.96. The van der Waals surface area contributed by atoms with Crippen LogP contribution in [0.4, 0.5) is 0 Å². The maximum absolute atomic E-state index is 5.48. The molecule has 14 heavy (non-hydrogen) atoms. The molecule has 6 heteroatoms. The monoisotopic (exact) mass is 194 g/mol. The summed E-state index contributed by atoms with van der Waals surface area (Å²) in [7, 11) is 0. The molecular weight excluding hydrogens is 184 g/mol. The molecule has 0 bridgehead atoms. The Labute approximate surface area is 80.1 Å². The van der Waals surface area contributed by atoms with Crippen molar-refractivity contribution in [1.82, 2.24) is 15.1 Å². The van der Waals surface area contributed by atoms with E-state index in [-0.39, 0.29) is 6.54 Å². The number of hydrogen-bond acceptors (Lipinski definition) is 6. The second kappa shape index (κ2) is 3.22. The first-order valence-electron chi connectivity index (χ1n) is 4.17. The van der Waals surface area contributed by atoms with E-state index >= 15 is 0 Å². The van der Waals surface area contributed by atoms with Crippen LogP contribution in [0.1, 0.15) is 17.5 Å². The minimum absolute atomic E-state index is 0.262. The zero-order valence-corrected chi connectivity index (χ0v) is 7.94. The minimum atomic E-state index is 0.262. The van der Waals surface area contributed by atoms with Gasteiger partial charge in [-0.2, -0.15) is 4.98 Å². The van der Waals surface area contributed by atoms with Gasteiger partial charge in [-0.3, -0.25) is 0 Å². The smallest absolute Gasteiger partial charge is 0.280 e. The fraction of sp³-hybridized carbons (Fsp3) is 0.375. The van der Waals surface area contributed by atoms with Gasteiger partial charge in [-0.25, -0.2) is 4.98 Å². The van der Waals surface area contributed by atoms with E-state index in [0.717, 1.165) is 0 Å². The molecule has 74 valence electrons. The third-order valence-corrected chi connectivity index (χ3v) is 1.72. The molecular formula is C8H10N4O2. The van der Waals surface area contributed by atoms with Gasteiger partial charge in [0.15, 0.2) is 23.2 Å². The number of nitrogens with two attached hydrogens (primary N) is 1. The molecule has 0 aliphatic rings. The van der Waals surface area contributed by atoms with Crippen molar-refractivity contribution in [3.05, 3.63) is 17.5 Å². The summed E-state index contributed by atoms with van der Waals surface area (Å²) < 4.78 is 10.2. The van der Waals surface area contributed by atoms with Crippen LogP contribution in [-0.2, 0) is 6.54 Å². The van der Waals surface area contributed by atoms with Gasteiger partial charge in [0.1, 0.15) is 0 Å². The van der Waals surface area contributed by atoms with Crippen LogP contribution in [0.2, 0.25) is 0 Å². The molecule has 0 aromatic carbocycles. The Kier molecular flexibility index (Phi) is 2.05. The van der Waals surface area contributed by atoms with Gasteiger partial charge in [0.2, 0.25) is 0 Å². The highest BCUT2D eigenvalue weighted by molar-refractivity contribution is 5.49. The molecule has 0 spiro atoms. The van der Waals surface area contributed by atoms with Gasteiger partial charge >= 0.3 is 0 Å². The summed E-state index contributed by atoms with van der Waals surface area (Å²) in [6.07, 6.45) is 0. The molecule has 0 radical (unpaired) electrons. The predicted molar refractivity (Wildman–Crippen MR) is 47.2 cm³/mol. The third kappa shape index (κ3) is 1.39. The highest BCUT2D eigenvalue weighted by atomic mass is 16.5. The SMILES string of the molecule is Cc1noc(-c2nc(C)oc2CN)n1. The van der Waals surface area contributed by atoms with E-state index < -0.39 is 0 Å². The first-order chi connectivity index (χ1) is 6.70. The van der Waals surface area contributed by atoms with Crippen LogP contribution in [0.5, 0.6) is 0 Å². The molecule has 2 N–H and O–H groups in total. The van der Waals surface area contributed by atoms with Crippen LogP contribution in [-0.4, -0.2) is 15.1 Å². The lowest BCUT2D eigenvalue weighted by molar-refractivity contribution is 0.422. The predicted octanol–water partition coefficient (Wildman–Crippen LogP) is 0.800. The molecule has 0 saturated carbocycles. The Morgan fingerprint density at radius 3 is 2.64 bits per heavy atom. The Bertz CT molecular complexity index is 446. The molecule has 0 saturated heterocycles. The minimum Gasteiger partial charge on any atom is -0.444 e. The van der Waals surface area contributed by atoms with E-state index in [0.29, 0.717) is 29.1 Å². The van der Waals surface area contributed by atoms with Crippen molar-refractivity contribution >= 4 is 0 Å². The van der Waals surface area contributed by atoms with Crippen molar-refractivity contribution in [2.75, 3.05) is 0 Å². The van der Waals surface area contributed by atoms with Crippen molar-refractivity contribution in [1.29, 1.82) is 0 Å². The number of rotatable bonds is 2. The van der Waals surface area contributed by atoms with Crippen LogP contribution in [0.15, 0.2) is 8.94 Å². The summed E-state index contributed by atoms with van der Waals surface area (Å²) in [6, 6.07) is 0. The van der Waals surface area contributed by atoms with Crippen LogP contribution in [0.3, 0.4) is 0 Å². The zero-order chi connectivity index (χ0) is 10.1. The average Bonchev–Trinajstić information content (AvgIpc) is 2.71. The van der Waals surface area contributed by atoms with Gasteiger partial charge in [0.25, 0.3) is 5.89 Å². The lowest BCUT2D eigenvalue weighted by Gasteiger charge is -1.89. The maximum Gasteiger partial charge on any atom is 0.280 e. The number of hydrogen-bond donors (Lipinski definition) is 1. The van der Waals surface area contributed by atoms with Gasteiger partial charge in [-0.05, 0) is 6.92 Å². The zero-order valence-electron chi connectivity index (χ0n) is 7.94. The number of aryl methyl sites for hydroxylation is 2. The normalized spacial score (nSPS) is 10.8. The second-order valence-corrected chi connectivity index (χ2v) is 2.86. The molecule has 0 amide bonds. The highest BCUT2D eigenvalue weighted by Gasteiger charge is 2.17. The molecule has 6 nitrogen and oxygen atoms in total. The number of oxazole rings is 1. The topological polar surface area (TPSA) is 91.0 Å². The molecule has 0 atom stereocenters. The fourth-order valence-corrected chi connectivity index (χ4v) is 1.17. The van der Waals surface area contributed by atoms with Gasteiger partial charge in [0.05, 0.1) is 6.54 Å². The van der Waals surface area contributed by atoms with Crippen LogP contribution in [0, 0.1) is 13.8 Å². The average molecular weight is 194 g/mol. The Hall–Kier alpha value is -1.69. The van der Waals surface area contributed by atoms with Crippen LogP contribution in [0.25, 0.3) is 11.6 Å². The van der Waals surface area contributed by atoms with Crippen molar-refractivity contribution in [3.63, 3.8) is 0 Å². The van der Waals surface area contributed by atoms with Crippen LogP contribution >= 0.6 is 0 Å². The van der Waals surface area contributed by atoms with Crippen molar-refractivity contribution in [3.8, 4) is 11.6 Å². The van der Waals surface area contributed by atoms with Gasteiger partial charge in [-0.15, -0.1) is 0 Å². The highest BCUT2D eigenvalue weighted by Crippen LogP contribution is 2.21. The molecule has 0 fully saturated rings. The Morgan fingerprint density at radius 2 is 2.07 bits per heavy atom. The van der Waals surface area contributed by atoms with Crippen molar-refractivity contribution < 1.29 is 8.94 Å². The van der Waals surface area contributed by atoms with E-state index in [4.69, 9.17) is 14.7 Å². The van der Waals surface area contributed by atoms with E-state index in [2.05, 4.69) is 15.1 Å². The lowest BCUT2D eigenvalue weighted by atomic mass is 10.3. The van der Waals surface area contributed by atoms with Gasteiger partial charge in [0, 0.05) is 6.92 Å². The Morgan fingerprint density at radius 1 is 1.29 bits per heavy atom. The molecule has 0 aliphatic heterocycles. The molecule has 2 heterocycles. The van der Waals surface area contributed by atoms with Gasteiger partial charge < -0.3 is 14.7 Å². The van der Waals surface area contributed by atoms with E-state index in [1.165, 1.54) is 0 Å². The molecule has 2 rings (SSSR count). The van der Waals surface area contributed by atoms with E-state index in [1.807, 2.05) is 0 Å². The molecule has 2 aromatic heterocycles. The summed E-state index contributed by atoms with van der Waals surface area (Å²) in [5.74, 6) is 2.01. The second-order valence-electron chi connectivity index (χ2n) is 2.86. The summed E-state index contributed by atoms with van der Waals surface area (Å²) in [6.45, 7) is 3.74. The number of nitrogens with zero attached hydrogens (tertiary/aromatic N) is 3. The standard InChI is InChI=1S/C8H10N4O2/c1-4-10-8(14-12-4)7-6(3-9)13-5(2)11-7/h3,9H2,1-2H3. The van der Waals surface area contributed by atoms with E-state index in [9.17, 15) is 0 Å². The summed E-state index contributed by atoms with van der Waals surface area (Å²) in [5.41, 5.74) is 6.02. The fourth-order valence-electron chi connectivity index (χ4n) is 1.17. The van der Waals surface area contributed by atoms with Crippen molar-refractivity contribution in [2.24, 2.45) is 5.73 Å². The molecule has 0 unspecified atom stereocenters. The van der Waals surface area contributed by atoms with Crippen molar-refractivity contribution in [2.45, 2.75) is 20.4 Å². The summed E-state index contributed by atoms with van der Waals surface area (Å²) in [5, 5.41) is 3.67. The Balaban J connectivity index is 2.49. The largest absolute Gasteiger partial charge is 0.444 e. The first kappa shape index (κ1) is 8.89. The van der Waals surface area contributed by atoms with Crippen LogP contribution < -0.4 is 5.73 Å². The number of aromatic nitrogens is 3. The summed E-state index contributed by atoms with van der Waals surface area (Å²) in [4.78, 5) is 8.17. The maximum atomic E-state index is 5.48. The first-order valence-corrected chi connectivity index (χ1v) is 4.17.